The van der Waals surface area contributed by atoms with Crippen LogP contribution in [-0.2, 0) is 6.54 Å². The summed E-state index contributed by atoms with van der Waals surface area (Å²) < 4.78 is 5.71. The molecular formula is C17H25IN4OS. The third kappa shape index (κ3) is 6.64. The van der Waals surface area contributed by atoms with Crippen LogP contribution in [0.3, 0.4) is 0 Å². The van der Waals surface area contributed by atoms with Crippen molar-refractivity contribution in [3.63, 3.8) is 0 Å². The molecule has 1 aromatic carbocycles. The number of nitrogens with zero attached hydrogens (tertiary/aromatic N) is 3. The fraction of sp³-hybridized carbons (Fsp3) is 0.412. The number of ether oxygens (including phenoxy) is 1. The summed E-state index contributed by atoms with van der Waals surface area (Å²) in [4.78, 5) is 10.8. The highest BCUT2D eigenvalue weighted by molar-refractivity contribution is 14.0. The summed E-state index contributed by atoms with van der Waals surface area (Å²) in [6.07, 6.45) is 0. The summed E-state index contributed by atoms with van der Waals surface area (Å²) in [5.41, 5.74) is 2.30. The molecule has 0 radical (unpaired) electrons. The first-order chi connectivity index (χ1) is 11.1. The summed E-state index contributed by atoms with van der Waals surface area (Å²) in [6.45, 7) is 6.11. The van der Waals surface area contributed by atoms with Crippen LogP contribution in [0.2, 0.25) is 0 Å². The molecule has 0 spiro atoms. The van der Waals surface area contributed by atoms with E-state index in [2.05, 4.69) is 32.5 Å². The summed E-state index contributed by atoms with van der Waals surface area (Å²) in [7, 11) is 3.79. The maximum Gasteiger partial charge on any atom is 0.193 e. The van der Waals surface area contributed by atoms with Crippen molar-refractivity contribution in [3.05, 3.63) is 45.9 Å². The molecule has 0 amide bonds. The second-order valence-electron chi connectivity index (χ2n) is 5.35. The first kappa shape index (κ1) is 20.7. The molecule has 2 aromatic rings. The van der Waals surface area contributed by atoms with Gasteiger partial charge in [-0.05, 0) is 26.0 Å². The molecule has 0 fully saturated rings. The summed E-state index contributed by atoms with van der Waals surface area (Å²) in [5.74, 6) is 1.72. The van der Waals surface area contributed by atoms with Crippen LogP contribution in [0.4, 0.5) is 0 Å². The Hall–Kier alpha value is -1.35. The molecule has 0 aliphatic carbocycles. The van der Waals surface area contributed by atoms with E-state index >= 15 is 0 Å². The van der Waals surface area contributed by atoms with E-state index in [-0.39, 0.29) is 24.0 Å². The van der Waals surface area contributed by atoms with Crippen LogP contribution in [0.1, 0.15) is 16.3 Å². The average molecular weight is 460 g/mol. The number of benzene rings is 1. The molecule has 132 valence electrons. The van der Waals surface area contributed by atoms with Gasteiger partial charge < -0.3 is 15.0 Å². The van der Waals surface area contributed by atoms with Gasteiger partial charge in [-0.2, -0.15) is 0 Å². The zero-order valence-electron chi connectivity index (χ0n) is 14.6. The van der Waals surface area contributed by atoms with Crippen molar-refractivity contribution >= 4 is 41.3 Å². The van der Waals surface area contributed by atoms with Gasteiger partial charge in [0.05, 0.1) is 23.8 Å². The van der Waals surface area contributed by atoms with Crippen molar-refractivity contribution in [3.8, 4) is 5.75 Å². The van der Waals surface area contributed by atoms with Gasteiger partial charge in [0.2, 0.25) is 0 Å². The maximum atomic E-state index is 5.71. The van der Waals surface area contributed by atoms with Gasteiger partial charge in [0.25, 0.3) is 0 Å². The molecule has 7 heteroatoms. The van der Waals surface area contributed by atoms with Gasteiger partial charge >= 0.3 is 0 Å². The van der Waals surface area contributed by atoms with Crippen molar-refractivity contribution in [1.82, 2.24) is 15.2 Å². The molecule has 1 heterocycles. The van der Waals surface area contributed by atoms with Crippen molar-refractivity contribution < 1.29 is 4.74 Å². The number of aryl methyl sites for hydroxylation is 2. The van der Waals surface area contributed by atoms with Gasteiger partial charge in [-0.25, -0.2) is 4.98 Å². The molecule has 1 aromatic heterocycles. The molecular weight excluding hydrogens is 435 g/mol. The van der Waals surface area contributed by atoms with Crippen LogP contribution in [0, 0.1) is 13.8 Å². The van der Waals surface area contributed by atoms with E-state index in [9.17, 15) is 0 Å². The van der Waals surface area contributed by atoms with Gasteiger partial charge in [0.1, 0.15) is 12.4 Å². The molecule has 0 aliphatic rings. The number of rotatable bonds is 6. The topological polar surface area (TPSA) is 49.8 Å². The first-order valence-electron chi connectivity index (χ1n) is 7.60. The quantitative estimate of drug-likeness (QED) is 0.311. The molecule has 24 heavy (non-hydrogen) atoms. The molecule has 0 saturated heterocycles. The Morgan fingerprint density at radius 3 is 2.58 bits per heavy atom. The number of thiazole rings is 1. The number of halogens is 1. The molecule has 5 nitrogen and oxygen atoms in total. The summed E-state index contributed by atoms with van der Waals surface area (Å²) >= 11 is 1.67. The van der Waals surface area contributed by atoms with Gasteiger partial charge in [0.15, 0.2) is 5.96 Å². The molecule has 2 rings (SSSR count). The van der Waals surface area contributed by atoms with Crippen molar-refractivity contribution in [2.75, 3.05) is 27.2 Å². The second-order valence-corrected chi connectivity index (χ2v) is 6.41. The third-order valence-electron chi connectivity index (χ3n) is 3.31. The van der Waals surface area contributed by atoms with Crippen molar-refractivity contribution in [2.45, 2.75) is 20.4 Å². The Bertz CT molecular complexity index is 642. The highest BCUT2D eigenvalue weighted by Crippen LogP contribution is 2.11. The Morgan fingerprint density at radius 1 is 1.29 bits per heavy atom. The first-order valence-corrected chi connectivity index (χ1v) is 8.48. The lowest BCUT2D eigenvalue weighted by molar-refractivity contribution is 0.319. The zero-order valence-corrected chi connectivity index (χ0v) is 17.7. The van der Waals surface area contributed by atoms with Crippen molar-refractivity contribution in [2.24, 2.45) is 4.99 Å². The summed E-state index contributed by atoms with van der Waals surface area (Å²) in [5, 5.41) is 6.47. The standard InChI is InChI=1S/C17H24N4OS.HI/c1-13-5-7-16(8-6-13)22-10-9-19-17(18-3)21(4)11-15-12-23-14(2)20-15;/h5-8,12H,9-11H2,1-4H3,(H,18,19);1H. The molecule has 1 N–H and O–H groups in total. The summed E-state index contributed by atoms with van der Waals surface area (Å²) in [6, 6.07) is 8.07. The number of guanidine groups is 1. The fourth-order valence-corrected chi connectivity index (χ4v) is 2.75. The minimum absolute atomic E-state index is 0. The van der Waals surface area contributed by atoms with E-state index in [1.807, 2.05) is 38.2 Å². The number of hydrogen-bond acceptors (Lipinski definition) is 4. The van der Waals surface area contributed by atoms with Crippen LogP contribution in [0.25, 0.3) is 0 Å². The van der Waals surface area contributed by atoms with E-state index in [0.717, 1.165) is 29.0 Å². The SMILES string of the molecule is CN=C(NCCOc1ccc(C)cc1)N(C)Cc1csc(C)n1.I. The number of hydrogen-bond donors (Lipinski definition) is 1. The molecule has 0 atom stereocenters. The second kappa shape index (κ2) is 10.5. The van der Waals surface area contributed by atoms with Crippen molar-refractivity contribution in [1.29, 1.82) is 0 Å². The van der Waals surface area contributed by atoms with Crippen LogP contribution < -0.4 is 10.1 Å². The van der Waals surface area contributed by atoms with E-state index in [1.165, 1.54) is 5.56 Å². The lowest BCUT2D eigenvalue weighted by atomic mass is 10.2. The predicted molar refractivity (Wildman–Crippen MR) is 112 cm³/mol. The molecule has 0 saturated carbocycles. The van der Waals surface area contributed by atoms with Gasteiger partial charge in [-0.3, -0.25) is 4.99 Å². The van der Waals surface area contributed by atoms with E-state index in [4.69, 9.17) is 4.74 Å². The Labute approximate surface area is 165 Å². The van der Waals surface area contributed by atoms with E-state index < -0.39 is 0 Å². The third-order valence-corrected chi connectivity index (χ3v) is 4.14. The van der Waals surface area contributed by atoms with Crippen LogP contribution in [0.5, 0.6) is 5.75 Å². The molecule has 0 aliphatic heterocycles. The highest BCUT2D eigenvalue weighted by atomic mass is 127. The minimum atomic E-state index is 0. The Kier molecular flexibility index (Phi) is 9.05. The van der Waals surface area contributed by atoms with Gasteiger partial charge in [-0.15, -0.1) is 35.3 Å². The predicted octanol–water partition coefficient (Wildman–Crippen LogP) is 3.46. The lowest BCUT2D eigenvalue weighted by Crippen LogP contribution is -2.40. The largest absolute Gasteiger partial charge is 0.492 e. The Morgan fingerprint density at radius 2 is 2.00 bits per heavy atom. The zero-order chi connectivity index (χ0) is 16.7. The monoisotopic (exact) mass is 460 g/mol. The lowest BCUT2D eigenvalue weighted by Gasteiger charge is -2.21. The van der Waals surface area contributed by atoms with E-state index in [0.29, 0.717) is 13.2 Å². The average Bonchev–Trinajstić information content (AvgIpc) is 2.94. The molecule has 0 unspecified atom stereocenters. The van der Waals surface area contributed by atoms with Crippen LogP contribution in [-0.4, -0.2) is 43.1 Å². The smallest absolute Gasteiger partial charge is 0.193 e. The number of aromatic nitrogens is 1. The normalized spacial score (nSPS) is 10.9. The minimum Gasteiger partial charge on any atom is -0.492 e. The molecule has 0 bridgehead atoms. The maximum absolute atomic E-state index is 5.71. The van der Waals surface area contributed by atoms with Crippen LogP contribution >= 0.6 is 35.3 Å². The van der Waals surface area contributed by atoms with Gasteiger partial charge in [0, 0.05) is 19.5 Å². The number of nitrogens with one attached hydrogen (secondary N) is 1. The highest BCUT2D eigenvalue weighted by Gasteiger charge is 2.08. The number of aliphatic imine (C=N–C) groups is 1. The van der Waals surface area contributed by atoms with Gasteiger partial charge in [-0.1, -0.05) is 17.7 Å². The fourth-order valence-electron chi connectivity index (χ4n) is 2.15. The Balaban J connectivity index is 0.00000288. The van der Waals surface area contributed by atoms with E-state index in [1.54, 1.807) is 18.4 Å². The van der Waals surface area contributed by atoms with Crippen LogP contribution in [0.15, 0.2) is 34.6 Å².